The number of anilines is 2. The van der Waals surface area contributed by atoms with E-state index in [-0.39, 0.29) is 28.5 Å². The summed E-state index contributed by atoms with van der Waals surface area (Å²) in [6, 6.07) is 7.95. The first-order chi connectivity index (χ1) is 11.5. The number of hydrogen-bond acceptors (Lipinski definition) is 5. The molecule has 1 atom stereocenters. The lowest BCUT2D eigenvalue weighted by Crippen LogP contribution is -2.54. The van der Waals surface area contributed by atoms with E-state index in [1.807, 2.05) is 31.2 Å². The first kappa shape index (κ1) is 16.4. The van der Waals surface area contributed by atoms with Gasteiger partial charge in [0, 0.05) is 31.4 Å². The van der Waals surface area contributed by atoms with Crippen molar-refractivity contribution in [1.29, 1.82) is 0 Å². The number of rotatable bonds is 3. The van der Waals surface area contributed by atoms with Crippen LogP contribution in [0.15, 0.2) is 24.3 Å². The molecule has 1 fully saturated rings. The number of hydrogen-bond donors (Lipinski definition) is 2. The minimum atomic E-state index is -0.175. The lowest BCUT2D eigenvalue weighted by molar-refractivity contribution is 0.0668. The monoisotopic (exact) mass is 349 g/mol. The van der Waals surface area contributed by atoms with Crippen LogP contribution in [0.5, 0.6) is 5.75 Å². The molecule has 24 heavy (non-hydrogen) atoms. The third-order valence-electron chi connectivity index (χ3n) is 4.27. The van der Waals surface area contributed by atoms with E-state index in [2.05, 4.69) is 15.1 Å². The number of methoxy groups -OCH3 is 1. The van der Waals surface area contributed by atoms with Gasteiger partial charge in [0.25, 0.3) is 5.91 Å². The number of aromatic nitrogens is 2. The zero-order valence-electron chi connectivity index (χ0n) is 13.6. The molecule has 3 N–H and O–H groups in total. The average molecular weight is 350 g/mol. The summed E-state index contributed by atoms with van der Waals surface area (Å²) in [4.78, 5) is 16.7. The highest BCUT2D eigenvalue weighted by molar-refractivity contribution is 6.35. The van der Waals surface area contributed by atoms with Crippen LogP contribution >= 0.6 is 11.6 Å². The van der Waals surface area contributed by atoms with Gasteiger partial charge in [-0.3, -0.25) is 9.89 Å². The molecule has 0 aliphatic carbocycles. The Morgan fingerprint density at radius 3 is 2.62 bits per heavy atom. The molecule has 2 heterocycles. The maximum absolute atomic E-state index is 12.7. The van der Waals surface area contributed by atoms with Gasteiger partial charge in [0.15, 0.2) is 5.82 Å². The quantitative estimate of drug-likeness (QED) is 0.885. The minimum Gasteiger partial charge on any atom is -0.497 e. The van der Waals surface area contributed by atoms with E-state index in [4.69, 9.17) is 22.1 Å². The van der Waals surface area contributed by atoms with Crippen molar-refractivity contribution in [2.75, 3.05) is 37.4 Å². The van der Waals surface area contributed by atoms with Crippen LogP contribution in [0.25, 0.3) is 0 Å². The minimum absolute atomic E-state index is 0.0361. The molecule has 0 bridgehead atoms. The molecule has 8 heteroatoms. The van der Waals surface area contributed by atoms with Gasteiger partial charge < -0.3 is 20.3 Å². The number of halogens is 1. The smallest absolute Gasteiger partial charge is 0.273 e. The highest BCUT2D eigenvalue weighted by Gasteiger charge is 2.30. The Morgan fingerprint density at radius 2 is 2.08 bits per heavy atom. The molecule has 7 nitrogen and oxygen atoms in total. The van der Waals surface area contributed by atoms with Crippen LogP contribution in [-0.4, -0.2) is 53.8 Å². The number of nitrogen functional groups attached to an aromatic ring is 1. The molecule has 0 saturated carbocycles. The van der Waals surface area contributed by atoms with Gasteiger partial charge in [0.1, 0.15) is 16.5 Å². The standard InChI is InChI=1S/C16H20ClN5O2/c1-10-9-21(11-3-5-12(24-2)6-4-11)7-8-22(10)16(23)14-13(17)15(18)20-19-14/h3-6,10H,7-9H2,1-2H3,(H3,18,19,20)/t10-/m1/s1. The van der Waals surface area contributed by atoms with Crippen LogP contribution < -0.4 is 15.4 Å². The summed E-state index contributed by atoms with van der Waals surface area (Å²) in [5, 5.41) is 6.59. The number of H-pyrrole nitrogens is 1. The summed E-state index contributed by atoms with van der Waals surface area (Å²) < 4.78 is 5.18. The lowest BCUT2D eigenvalue weighted by Gasteiger charge is -2.40. The Morgan fingerprint density at radius 1 is 1.38 bits per heavy atom. The predicted molar refractivity (Wildman–Crippen MR) is 93.7 cm³/mol. The molecule has 0 radical (unpaired) electrons. The van der Waals surface area contributed by atoms with Crippen molar-refractivity contribution in [3.8, 4) is 5.75 Å². The highest BCUT2D eigenvalue weighted by atomic mass is 35.5. The van der Waals surface area contributed by atoms with Crippen molar-refractivity contribution in [3.05, 3.63) is 35.0 Å². The van der Waals surface area contributed by atoms with Gasteiger partial charge >= 0.3 is 0 Å². The van der Waals surface area contributed by atoms with Crippen LogP contribution in [0, 0.1) is 0 Å². The van der Waals surface area contributed by atoms with E-state index in [1.54, 1.807) is 12.0 Å². The first-order valence-electron chi connectivity index (χ1n) is 7.70. The molecular formula is C16H20ClN5O2. The summed E-state index contributed by atoms with van der Waals surface area (Å²) in [5.74, 6) is 0.794. The lowest BCUT2D eigenvalue weighted by atomic mass is 10.1. The molecule has 1 aromatic heterocycles. The first-order valence-corrected chi connectivity index (χ1v) is 8.08. The van der Waals surface area contributed by atoms with Gasteiger partial charge in [-0.15, -0.1) is 0 Å². The number of aromatic amines is 1. The molecule has 1 aliphatic rings. The van der Waals surface area contributed by atoms with Crippen molar-refractivity contribution in [2.24, 2.45) is 0 Å². The zero-order chi connectivity index (χ0) is 17.3. The van der Waals surface area contributed by atoms with Crippen LogP contribution in [0.2, 0.25) is 5.02 Å². The van der Waals surface area contributed by atoms with Gasteiger partial charge in [-0.2, -0.15) is 5.10 Å². The van der Waals surface area contributed by atoms with Crippen LogP contribution in [0.1, 0.15) is 17.4 Å². The van der Waals surface area contributed by atoms with Gasteiger partial charge in [-0.05, 0) is 31.2 Å². The predicted octanol–water partition coefficient (Wildman–Crippen LogP) is 2.00. The third-order valence-corrected chi connectivity index (χ3v) is 4.65. The molecule has 3 rings (SSSR count). The Balaban J connectivity index is 1.70. The number of amides is 1. The number of nitrogens with one attached hydrogen (secondary N) is 1. The van der Waals surface area contributed by atoms with E-state index >= 15 is 0 Å². The Kier molecular flexibility index (Phi) is 4.53. The summed E-state index contributed by atoms with van der Waals surface area (Å²) in [5.41, 5.74) is 6.96. The fourth-order valence-electron chi connectivity index (χ4n) is 2.91. The summed E-state index contributed by atoms with van der Waals surface area (Å²) in [6.07, 6.45) is 0. The highest BCUT2D eigenvalue weighted by Crippen LogP contribution is 2.25. The van der Waals surface area contributed by atoms with Crippen LogP contribution in [0.4, 0.5) is 11.5 Å². The molecule has 0 unspecified atom stereocenters. The molecule has 1 amide bonds. The Hall–Kier alpha value is -2.41. The fourth-order valence-corrected chi connectivity index (χ4v) is 3.08. The van der Waals surface area contributed by atoms with E-state index in [0.717, 1.165) is 24.5 Å². The second-order valence-electron chi connectivity index (χ2n) is 5.79. The van der Waals surface area contributed by atoms with E-state index < -0.39 is 0 Å². The van der Waals surface area contributed by atoms with Crippen LogP contribution in [0.3, 0.4) is 0 Å². The van der Waals surface area contributed by atoms with Crippen molar-refractivity contribution in [2.45, 2.75) is 13.0 Å². The number of carbonyl (C=O) groups excluding carboxylic acids is 1. The van der Waals surface area contributed by atoms with Crippen molar-refractivity contribution in [1.82, 2.24) is 15.1 Å². The molecule has 0 spiro atoms. The molecule has 1 aliphatic heterocycles. The third kappa shape index (κ3) is 2.99. The number of nitrogens with zero attached hydrogens (tertiary/aromatic N) is 3. The number of benzene rings is 1. The van der Waals surface area contributed by atoms with Crippen LogP contribution in [-0.2, 0) is 0 Å². The maximum Gasteiger partial charge on any atom is 0.273 e. The van der Waals surface area contributed by atoms with Crippen molar-refractivity contribution in [3.63, 3.8) is 0 Å². The molecule has 1 aromatic carbocycles. The number of nitrogens with two attached hydrogens (primary N) is 1. The SMILES string of the molecule is COc1ccc(N2CCN(C(=O)c3[nH]nc(N)c3Cl)[C@H](C)C2)cc1. The molecule has 1 saturated heterocycles. The number of ether oxygens (including phenoxy) is 1. The largest absolute Gasteiger partial charge is 0.497 e. The van der Waals surface area contributed by atoms with E-state index in [1.165, 1.54) is 0 Å². The van der Waals surface area contributed by atoms with Gasteiger partial charge in [0.05, 0.1) is 7.11 Å². The second kappa shape index (κ2) is 6.60. The average Bonchev–Trinajstić information content (AvgIpc) is 2.93. The van der Waals surface area contributed by atoms with E-state index in [9.17, 15) is 4.79 Å². The summed E-state index contributed by atoms with van der Waals surface area (Å²) in [6.45, 7) is 4.09. The summed E-state index contributed by atoms with van der Waals surface area (Å²) >= 11 is 6.04. The number of carbonyl (C=O) groups is 1. The normalized spacial score (nSPS) is 17.9. The van der Waals surface area contributed by atoms with Gasteiger partial charge in [-0.1, -0.05) is 11.6 Å². The van der Waals surface area contributed by atoms with Crippen molar-refractivity contribution < 1.29 is 9.53 Å². The molecule has 128 valence electrons. The van der Waals surface area contributed by atoms with E-state index in [0.29, 0.717) is 6.54 Å². The molecular weight excluding hydrogens is 330 g/mol. The summed E-state index contributed by atoms with van der Waals surface area (Å²) in [7, 11) is 1.65. The Bertz CT molecular complexity index is 731. The van der Waals surface area contributed by atoms with Crippen molar-refractivity contribution >= 4 is 29.0 Å². The zero-order valence-corrected chi connectivity index (χ0v) is 14.4. The number of piperazine rings is 1. The second-order valence-corrected chi connectivity index (χ2v) is 6.17. The Labute approximate surface area is 145 Å². The topological polar surface area (TPSA) is 87.5 Å². The molecule has 2 aromatic rings. The van der Waals surface area contributed by atoms with Gasteiger partial charge in [-0.25, -0.2) is 0 Å². The maximum atomic E-state index is 12.7. The fraction of sp³-hybridized carbons (Fsp3) is 0.375. The van der Waals surface area contributed by atoms with Gasteiger partial charge in [0.2, 0.25) is 0 Å².